The molecule has 0 spiro atoms. The SMILES string of the molecule is CC1CC(C)C(C)N(CC2(CCN)CC2)C1. The Morgan fingerprint density at radius 3 is 2.50 bits per heavy atom. The number of piperidine rings is 1. The van der Waals surface area contributed by atoms with Gasteiger partial charge in [0.05, 0.1) is 0 Å². The Morgan fingerprint density at radius 2 is 1.94 bits per heavy atom. The maximum atomic E-state index is 5.73. The second kappa shape index (κ2) is 4.66. The van der Waals surface area contributed by atoms with Crippen LogP contribution in [0.5, 0.6) is 0 Å². The third-order valence-electron chi connectivity index (χ3n) is 4.89. The maximum Gasteiger partial charge on any atom is 0.00930 e. The summed E-state index contributed by atoms with van der Waals surface area (Å²) in [4.78, 5) is 2.74. The van der Waals surface area contributed by atoms with Crippen molar-refractivity contribution >= 4 is 0 Å². The molecule has 2 rings (SSSR count). The minimum absolute atomic E-state index is 0.611. The first kappa shape index (κ1) is 12.4. The first-order chi connectivity index (χ1) is 7.56. The van der Waals surface area contributed by atoms with Gasteiger partial charge in [-0.3, -0.25) is 4.90 Å². The smallest absolute Gasteiger partial charge is 0.00930 e. The lowest BCUT2D eigenvalue weighted by Gasteiger charge is -2.42. The zero-order valence-electron chi connectivity index (χ0n) is 11.2. The number of rotatable bonds is 4. The number of hydrogen-bond acceptors (Lipinski definition) is 2. The van der Waals surface area contributed by atoms with E-state index in [2.05, 4.69) is 25.7 Å². The lowest BCUT2D eigenvalue weighted by atomic mass is 9.85. The fourth-order valence-electron chi connectivity index (χ4n) is 3.44. The summed E-state index contributed by atoms with van der Waals surface area (Å²) in [6.45, 7) is 10.7. The number of likely N-dealkylation sites (tertiary alicyclic amines) is 1. The van der Waals surface area contributed by atoms with Gasteiger partial charge in [-0.2, -0.15) is 0 Å². The number of nitrogens with zero attached hydrogens (tertiary/aromatic N) is 1. The Hall–Kier alpha value is -0.0800. The molecule has 0 radical (unpaired) electrons. The van der Waals surface area contributed by atoms with Crippen molar-refractivity contribution in [3.05, 3.63) is 0 Å². The van der Waals surface area contributed by atoms with E-state index in [9.17, 15) is 0 Å². The molecule has 2 heteroatoms. The molecule has 0 aromatic rings. The summed E-state index contributed by atoms with van der Waals surface area (Å²) in [6, 6.07) is 0.770. The average Bonchev–Trinajstić information content (AvgIpc) is 2.94. The minimum Gasteiger partial charge on any atom is -0.330 e. The zero-order chi connectivity index (χ0) is 11.8. The molecule has 2 nitrogen and oxygen atoms in total. The highest BCUT2D eigenvalue weighted by molar-refractivity contribution is 4.97. The summed E-state index contributed by atoms with van der Waals surface area (Å²) in [5, 5.41) is 0. The minimum atomic E-state index is 0.611. The van der Waals surface area contributed by atoms with Crippen molar-refractivity contribution in [3.8, 4) is 0 Å². The molecule has 0 bridgehead atoms. The summed E-state index contributed by atoms with van der Waals surface area (Å²) in [7, 11) is 0. The second-order valence-corrected chi connectivity index (χ2v) is 6.53. The van der Waals surface area contributed by atoms with Crippen molar-refractivity contribution in [1.82, 2.24) is 4.90 Å². The van der Waals surface area contributed by atoms with E-state index >= 15 is 0 Å². The largest absolute Gasteiger partial charge is 0.330 e. The molecule has 0 aromatic heterocycles. The molecule has 2 fully saturated rings. The fraction of sp³-hybridized carbons (Fsp3) is 1.00. The van der Waals surface area contributed by atoms with Gasteiger partial charge < -0.3 is 5.73 Å². The van der Waals surface area contributed by atoms with Crippen LogP contribution >= 0.6 is 0 Å². The van der Waals surface area contributed by atoms with Crippen molar-refractivity contribution in [2.24, 2.45) is 23.0 Å². The van der Waals surface area contributed by atoms with Gasteiger partial charge in [-0.15, -0.1) is 0 Å². The zero-order valence-corrected chi connectivity index (χ0v) is 11.2. The van der Waals surface area contributed by atoms with Crippen LogP contribution in [0.2, 0.25) is 0 Å². The van der Waals surface area contributed by atoms with Gasteiger partial charge in [0.25, 0.3) is 0 Å². The fourth-order valence-corrected chi connectivity index (χ4v) is 3.44. The number of hydrogen-bond donors (Lipinski definition) is 1. The topological polar surface area (TPSA) is 29.3 Å². The van der Waals surface area contributed by atoms with Crippen molar-refractivity contribution in [2.75, 3.05) is 19.6 Å². The summed E-state index contributed by atoms with van der Waals surface area (Å²) in [6.07, 6.45) is 5.47. The quantitative estimate of drug-likeness (QED) is 0.795. The predicted octanol–water partition coefficient (Wildman–Crippen LogP) is 2.48. The van der Waals surface area contributed by atoms with E-state index in [4.69, 9.17) is 5.73 Å². The molecule has 1 aliphatic carbocycles. The first-order valence-electron chi connectivity index (χ1n) is 7.00. The summed E-state index contributed by atoms with van der Waals surface area (Å²) >= 11 is 0. The predicted molar refractivity (Wildman–Crippen MR) is 69.3 cm³/mol. The molecule has 1 heterocycles. The summed E-state index contributed by atoms with van der Waals surface area (Å²) in [5.74, 6) is 1.73. The van der Waals surface area contributed by atoms with E-state index in [-0.39, 0.29) is 0 Å². The monoisotopic (exact) mass is 224 g/mol. The highest BCUT2D eigenvalue weighted by Gasteiger charge is 2.44. The normalized spacial score (nSPS) is 38.6. The van der Waals surface area contributed by atoms with Crippen LogP contribution in [0.3, 0.4) is 0 Å². The molecular weight excluding hydrogens is 196 g/mol. The van der Waals surface area contributed by atoms with Crippen molar-refractivity contribution in [1.29, 1.82) is 0 Å². The molecule has 3 atom stereocenters. The molecule has 2 aliphatic rings. The van der Waals surface area contributed by atoms with Crippen molar-refractivity contribution < 1.29 is 0 Å². The van der Waals surface area contributed by atoms with E-state index < -0.39 is 0 Å². The van der Waals surface area contributed by atoms with E-state index in [1.54, 1.807) is 0 Å². The molecule has 1 aliphatic heterocycles. The van der Waals surface area contributed by atoms with Crippen LogP contribution in [0.4, 0.5) is 0 Å². The first-order valence-corrected chi connectivity index (χ1v) is 7.00. The molecule has 0 aromatic carbocycles. The highest BCUT2D eigenvalue weighted by Crippen LogP contribution is 2.50. The lowest BCUT2D eigenvalue weighted by Crippen LogP contribution is -2.48. The summed E-state index contributed by atoms with van der Waals surface area (Å²) in [5.41, 5.74) is 6.34. The van der Waals surface area contributed by atoms with Crippen LogP contribution in [0.1, 0.15) is 46.5 Å². The van der Waals surface area contributed by atoms with Crippen LogP contribution < -0.4 is 5.73 Å². The standard InChI is InChI=1S/C14H28N2/c1-11-8-12(2)13(3)16(9-11)10-14(4-5-14)6-7-15/h11-13H,4-10,15H2,1-3H3. The molecule has 16 heavy (non-hydrogen) atoms. The Morgan fingerprint density at radius 1 is 1.25 bits per heavy atom. The van der Waals surface area contributed by atoms with Gasteiger partial charge in [-0.05, 0) is 56.4 Å². The second-order valence-electron chi connectivity index (χ2n) is 6.53. The van der Waals surface area contributed by atoms with Gasteiger partial charge in [0.2, 0.25) is 0 Å². The van der Waals surface area contributed by atoms with Crippen LogP contribution in [0.25, 0.3) is 0 Å². The van der Waals surface area contributed by atoms with Crippen LogP contribution in [0, 0.1) is 17.3 Å². The van der Waals surface area contributed by atoms with Gasteiger partial charge in [-0.1, -0.05) is 13.8 Å². The van der Waals surface area contributed by atoms with E-state index in [1.165, 1.54) is 38.8 Å². The molecule has 3 unspecified atom stereocenters. The van der Waals surface area contributed by atoms with Gasteiger partial charge in [0.15, 0.2) is 0 Å². The maximum absolute atomic E-state index is 5.73. The third-order valence-corrected chi connectivity index (χ3v) is 4.89. The third kappa shape index (κ3) is 2.60. The molecule has 0 amide bonds. The molecule has 94 valence electrons. The molecular formula is C14H28N2. The van der Waals surface area contributed by atoms with Crippen LogP contribution in [-0.2, 0) is 0 Å². The molecule has 2 N–H and O–H groups in total. The van der Waals surface area contributed by atoms with Crippen molar-refractivity contribution in [2.45, 2.75) is 52.5 Å². The van der Waals surface area contributed by atoms with Crippen molar-refractivity contribution in [3.63, 3.8) is 0 Å². The Labute approximate surface area is 101 Å². The average molecular weight is 224 g/mol. The number of nitrogens with two attached hydrogens (primary N) is 1. The van der Waals surface area contributed by atoms with Gasteiger partial charge in [0.1, 0.15) is 0 Å². The Kier molecular flexibility index (Phi) is 3.60. The van der Waals surface area contributed by atoms with Gasteiger partial charge in [-0.25, -0.2) is 0 Å². The van der Waals surface area contributed by atoms with E-state index in [0.29, 0.717) is 5.41 Å². The van der Waals surface area contributed by atoms with Gasteiger partial charge >= 0.3 is 0 Å². The Balaban J connectivity index is 1.92. The highest BCUT2D eigenvalue weighted by atomic mass is 15.2. The molecule has 1 saturated heterocycles. The van der Waals surface area contributed by atoms with Gasteiger partial charge in [0, 0.05) is 19.1 Å². The van der Waals surface area contributed by atoms with Crippen LogP contribution in [-0.4, -0.2) is 30.6 Å². The van der Waals surface area contributed by atoms with E-state index in [1.807, 2.05) is 0 Å². The molecule has 1 saturated carbocycles. The van der Waals surface area contributed by atoms with E-state index in [0.717, 1.165) is 24.4 Å². The van der Waals surface area contributed by atoms with Crippen LogP contribution in [0.15, 0.2) is 0 Å². The summed E-state index contributed by atoms with van der Waals surface area (Å²) < 4.78 is 0. The lowest BCUT2D eigenvalue weighted by molar-refractivity contribution is 0.0590. The Bertz CT molecular complexity index is 235.